The number of imidazole rings is 1. The number of fused-ring (bicyclic) bond motifs is 2. The van der Waals surface area contributed by atoms with Crippen LogP contribution in [0.2, 0.25) is 0 Å². The molecule has 5 heteroatoms. The molecule has 1 fully saturated rings. The van der Waals surface area contributed by atoms with Gasteiger partial charge in [0.1, 0.15) is 5.58 Å². The number of benzene rings is 2. The Hall–Kier alpha value is -3.08. The second kappa shape index (κ2) is 6.02. The highest BCUT2D eigenvalue weighted by atomic mass is 16.5. The quantitative estimate of drug-likeness (QED) is 0.513. The number of para-hydroxylation sites is 1. The first-order chi connectivity index (χ1) is 12.8. The fourth-order valence-corrected chi connectivity index (χ4v) is 3.26. The summed E-state index contributed by atoms with van der Waals surface area (Å²) in [5.74, 6) is 1.27. The minimum absolute atomic E-state index is 0.0196. The summed E-state index contributed by atoms with van der Waals surface area (Å²) in [6.45, 7) is 1.23. The smallest absolute Gasteiger partial charge is 0.201 e. The van der Waals surface area contributed by atoms with Crippen LogP contribution in [-0.4, -0.2) is 16.2 Å². The average molecular weight is 346 g/mol. The topological polar surface area (TPSA) is 57.3 Å². The van der Waals surface area contributed by atoms with Crippen LogP contribution in [0.1, 0.15) is 18.4 Å². The van der Waals surface area contributed by atoms with E-state index < -0.39 is 0 Å². The monoisotopic (exact) mass is 346 g/mol. The first kappa shape index (κ1) is 15.2. The standard InChI is InChI=1S/C21H18N2O3/c24-20-16-3-1-2-4-17(16)26-21-18(25-12-14-5-6-14)8-7-15(19(20)21)11-23-10-9-22-13-23/h1-4,7-10,13-14H,5-6,11-12H2. The Morgan fingerprint density at radius 3 is 2.88 bits per heavy atom. The van der Waals surface area contributed by atoms with Crippen LogP contribution in [0, 0.1) is 5.92 Å². The lowest BCUT2D eigenvalue weighted by atomic mass is 10.1. The van der Waals surface area contributed by atoms with Gasteiger partial charge in [0.15, 0.2) is 11.3 Å². The molecule has 0 saturated heterocycles. The van der Waals surface area contributed by atoms with E-state index in [0.29, 0.717) is 46.8 Å². The van der Waals surface area contributed by atoms with Crippen molar-refractivity contribution < 1.29 is 9.15 Å². The molecule has 0 N–H and O–H groups in total. The number of hydrogen-bond acceptors (Lipinski definition) is 4. The largest absolute Gasteiger partial charge is 0.489 e. The molecule has 0 radical (unpaired) electrons. The van der Waals surface area contributed by atoms with Gasteiger partial charge in [0.2, 0.25) is 5.43 Å². The molecule has 5 nitrogen and oxygen atoms in total. The van der Waals surface area contributed by atoms with Crippen LogP contribution < -0.4 is 10.2 Å². The third kappa shape index (κ3) is 2.65. The highest BCUT2D eigenvalue weighted by molar-refractivity contribution is 5.94. The maximum Gasteiger partial charge on any atom is 0.201 e. The molecule has 0 bridgehead atoms. The van der Waals surface area contributed by atoms with Crippen LogP contribution >= 0.6 is 0 Å². The molecular weight excluding hydrogens is 328 g/mol. The first-order valence-corrected chi connectivity index (χ1v) is 8.85. The van der Waals surface area contributed by atoms with Crippen LogP contribution in [0.3, 0.4) is 0 Å². The molecule has 130 valence electrons. The predicted octanol–water partition coefficient (Wildman–Crippen LogP) is 3.98. The molecular formula is C21H18N2O3. The molecule has 1 aliphatic rings. The number of aromatic nitrogens is 2. The van der Waals surface area contributed by atoms with E-state index in [9.17, 15) is 4.79 Å². The molecule has 1 saturated carbocycles. The normalized spacial score (nSPS) is 14.2. The zero-order valence-electron chi connectivity index (χ0n) is 14.2. The lowest BCUT2D eigenvalue weighted by Crippen LogP contribution is -2.09. The molecule has 2 aromatic carbocycles. The van der Waals surface area contributed by atoms with E-state index in [0.717, 1.165) is 5.56 Å². The third-order valence-electron chi connectivity index (χ3n) is 4.86. The highest BCUT2D eigenvalue weighted by Crippen LogP contribution is 2.33. The van der Waals surface area contributed by atoms with Gasteiger partial charge in [-0.2, -0.15) is 0 Å². The summed E-state index contributed by atoms with van der Waals surface area (Å²) in [4.78, 5) is 17.3. The SMILES string of the molecule is O=c1c2ccccc2oc2c(OCC3CC3)ccc(Cn3ccnc3)c12. The molecule has 4 aromatic rings. The maximum atomic E-state index is 13.2. The molecule has 2 aromatic heterocycles. The molecule has 0 unspecified atom stereocenters. The van der Waals surface area contributed by atoms with Crippen LogP contribution in [-0.2, 0) is 6.54 Å². The van der Waals surface area contributed by atoms with Gasteiger partial charge in [0, 0.05) is 18.9 Å². The fourth-order valence-electron chi connectivity index (χ4n) is 3.26. The lowest BCUT2D eigenvalue weighted by Gasteiger charge is -2.12. The number of nitrogens with zero attached hydrogens (tertiary/aromatic N) is 2. The number of ether oxygens (including phenoxy) is 1. The van der Waals surface area contributed by atoms with Crippen molar-refractivity contribution >= 4 is 21.9 Å². The van der Waals surface area contributed by atoms with E-state index in [2.05, 4.69) is 4.98 Å². The summed E-state index contributed by atoms with van der Waals surface area (Å²) in [6, 6.07) is 11.2. The van der Waals surface area contributed by atoms with E-state index >= 15 is 0 Å². The predicted molar refractivity (Wildman–Crippen MR) is 99.5 cm³/mol. The van der Waals surface area contributed by atoms with Gasteiger partial charge in [-0.3, -0.25) is 4.79 Å². The fraction of sp³-hybridized carbons (Fsp3) is 0.238. The molecule has 0 spiro atoms. The Bertz CT molecular complexity index is 1140. The van der Waals surface area contributed by atoms with Gasteiger partial charge in [-0.15, -0.1) is 0 Å². The molecule has 5 rings (SSSR count). The second-order valence-corrected chi connectivity index (χ2v) is 6.84. The molecule has 2 heterocycles. The molecule has 0 aliphatic heterocycles. The number of rotatable bonds is 5. The molecule has 1 aliphatic carbocycles. The summed E-state index contributed by atoms with van der Waals surface area (Å²) in [6.07, 6.45) is 7.78. The maximum absolute atomic E-state index is 13.2. The molecule has 0 amide bonds. The van der Waals surface area contributed by atoms with Crippen LogP contribution in [0.15, 0.2) is 64.3 Å². The molecule has 26 heavy (non-hydrogen) atoms. The van der Waals surface area contributed by atoms with Crippen LogP contribution in [0.4, 0.5) is 0 Å². The van der Waals surface area contributed by atoms with Gasteiger partial charge in [-0.25, -0.2) is 4.98 Å². The van der Waals surface area contributed by atoms with Crippen LogP contribution in [0.5, 0.6) is 5.75 Å². The van der Waals surface area contributed by atoms with Gasteiger partial charge < -0.3 is 13.7 Å². The summed E-state index contributed by atoms with van der Waals surface area (Å²) in [5, 5.41) is 1.18. The second-order valence-electron chi connectivity index (χ2n) is 6.84. The number of hydrogen-bond donors (Lipinski definition) is 0. The zero-order valence-corrected chi connectivity index (χ0v) is 14.2. The van der Waals surface area contributed by atoms with Gasteiger partial charge in [-0.1, -0.05) is 18.2 Å². The molecule has 0 atom stereocenters. The average Bonchev–Trinajstić information content (AvgIpc) is 3.35. The third-order valence-corrected chi connectivity index (χ3v) is 4.86. The summed E-state index contributed by atoms with van der Waals surface area (Å²) >= 11 is 0. The Balaban J connectivity index is 1.72. The summed E-state index contributed by atoms with van der Waals surface area (Å²) in [7, 11) is 0. The Morgan fingerprint density at radius 2 is 2.08 bits per heavy atom. The zero-order chi connectivity index (χ0) is 17.5. The van der Waals surface area contributed by atoms with Crippen molar-refractivity contribution in [3.8, 4) is 5.75 Å². The van der Waals surface area contributed by atoms with Gasteiger partial charge in [0.05, 0.1) is 23.7 Å². The van der Waals surface area contributed by atoms with Crippen molar-refractivity contribution in [2.75, 3.05) is 6.61 Å². The van der Waals surface area contributed by atoms with Crippen molar-refractivity contribution in [2.24, 2.45) is 5.92 Å². The van der Waals surface area contributed by atoms with Crippen LogP contribution in [0.25, 0.3) is 21.9 Å². The Kier molecular flexibility index (Phi) is 3.52. The minimum Gasteiger partial charge on any atom is -0.489 e. The van der Waals surface area contributed by atoms with E-state index in [4.69, 9.17) is 9.15 Å². The Labute approximate surface area is 149 Å². The van der Waals surface area contributed by atoms with E-state index in [1.807, 2.05) is 41.1 Å². The highest BCUT2D eigenvalue weighted by Gasteiger charge is 2.23. The lowest BCUT2D eigenvalue weighted by molar-refractivity contribution is 0.299. The summed E-state index contributed by atoms with van der Waals surface area (Å²) in [5.41, 5.74) is 2.00. The van der Waals surface area contributed by atoms with Crippen molar-refractivity contribution in [3.05, 3.63) is 70.9 Å². The van der Waals surface area contributed by atoms with E-state index in [1.165, 1.54) is 12.8 Å². The van der Waals surface area contributed by atoms with Crippen molar-refractivity contribution in [2.45, 2.75) is 19.4 Å². The van der Waals surface area contributed by atoms with Crippen molar-refractivity contribution in [3.63, 3.8) is 0 Å². The summed E-state index contributed by atoms with van der Waals surface area (Å²) < 4.78 is 14.0. The van der Waals surface area contributed by atoms with Gasteiger partial charge in [0.25, 0.3) is 0 Å². The van der Waals surface area contributed by atoms with Crippen molar-refractivity contribution in [1.29, 1.82) is 0 Å². The van der Waals surface area contributed by atoms with E-state index in [-0.39, 0.29) is 5.43 Å². The van der Waals surface area contributed by atoms with E-state index in [1.54, 1.807) is 18.6 Å². The van der Waals surface area contributed by atoms with Gasteiger partial charge >= 0.3 is 0 Å². The van der Waals surface area contributed by atoms with Gasteiger partial charge in [-0.05, 0) is 42.5 Å². The Morgan fingerprint density at radius 1 is 1.19 bits per heavy atom. The van der Waals surface area contributed by atoms with Crippen molar-refractivity contribution in [1.82, 2.24) is 9.55 Å². The first-order valence-electron chi connectivity index (χ1n) is 8.85. The minimum atomic E-state index is -0.0196.